The van der Waals surface area contributed by atoms with E-state index in [1.54, 1.807) is 0 Å². The Bertz CT molecular complexity index is 495. The van der Waals surface area contributed by atoms with Gasteiger partial charge in [-0.05, 0) is 18.1 Å². The lowest BCUT2D eigenvalue weighted by atomic mass is 10.1. The molecule has 0 unspecified atom stereocenters. The number of aryl methyl sites for hydroxylation is 1. The second-order valence-corrected chi connectivity index (χ2v) is 4.32. The fourth-order valence-electron chi connectivity index (χ4n) is 1.90. The van der Waals surface area contributed by atoms with Crippen molar-refractivity contribution in [2.45, 2.75) is 13.3 Å². The maximum Gasteiger partial charge on any atom is 0.246 e. The van der Waals surface area contributed by atoms with Gasteiger partial charge in [-0.15, -0.1) is 0 Å². The SMILES string of the molecule is Cc1ccccc1CC(=O)N1CC(=O)NC(=O)C1. The maximum atomic E-state index is 12.0. The van der Waals surface area contributed by atoms with Crippen LogP contribution in [0.4, 0.5) is 0 Å². The number of carbonyl (C=O) groups is 3. The first-order valence-electron chi connectivity index (χ1n) is 5.71. The van der Waals surface area contributed by atoms with Crippen molar-refractivity contribution >= 4 is 17.7 Å². The summed E-state index contributed by atoms with van der Waals surface area (Å²) in [4.78, 5) is 35.7. The van der Waals surface area contributed by atoms with Gasteiger partial charge in [-0.25, -0.2) is 0 Å². The second kappa shape index (κ2) is 5.00. The summed E-state index contributed by atoms with van der Waals surface area (Å²) >= 11 is 0. The molecule has 0 aromatic heterocycles. The molecule has 0 aliphatic carbocycles. The van der Waals surface area contributed by atoms with Crippen molar-refractivity contribution in [2.75, 3.05) is 13.1 Å². The third-order valence-corrected chi connectivity index (χ3v) is 2.90. The minimum absolute atomic E-state index is 0.0452. The molecule has 18 heavy (non-hydrogen) atoms. The van der Waals surface area contributed by atoms with Crippen molar-refractivity contribution in [3.8, 4) is 0 Å². The van der Waals surface area contributed by atoms with Gasteiger partial charge in [-0.1, -0.05) is 24.3 Å². The van der Waals surface area contributed by atoms with Crippen LogP contribution in [0.15, 0.2) is 24.3 Å². The van der Waals surface area contributed by atoms with Gasteiger partial charge in [0.25, 0.3) is 0 Å². The van der Waals surface area contributed by atoms with Crippen molar-refractivity contribution < 1.29 is 14.4 Å². The van der Waals surface area contributed by atoms with Gasteiger partial charge >= 0.3 is 0 Å². The molecule has 1 saturated heterocycles. The molecule has 0 bridgehead atoms. The van der Waals surface area contributed by atoms with Crippen LogP contribution >= 0.6 is 0 Å². The Morgan fingerprint density at radius 2 is 1.83 bits per heavy atom. The maximum absolute atomic E-state index is 12.0. The van der Waals surface area contributed by atoms with Gasteiger partial charge in [0.15, 0.2) is 0 Å². The van der Waals surface area contributed by atoms with E-state index < -0.39 is 11.8 Å². The summed E-state index contributed by atoms with van der Waals surface area (Å²) in [6.07, 6.45) is 0.216. The van der Waals surface area contributed by atoms with Crippen LogP contribution in [0.1, 0.15) is 11.1 Å². The van der Waals surface area contributed by atoms with Crippen molar-refractivity contribution in [1.29, 1.82) is 0 Å². The van der Waals surface area contributed by atoms with Crippen molar-refractivity contribution in [2.24, 2.45) is 0 Å². The number of carbonyl (C=O) groups excluding carboxylic acids is 3. The number of hydrogen-bond donors (Lipinski definition) is 1. The number of imide groups is 1. The molecule has 3 amide bonds. The highest BCUT2D eigenvalue weighted by molar-refractivity contribution is 6.02. The zero-order valence-electron chi connectivity index (χ0n) is 10.1. The predicted molar refractivity (Wildman–Crippen MR) is 64.6 cm³/mol. The van der Waals surface area contributed by atoms with E-state index in [-0.39, 0.29) is 25.4 Å². The summed E-state index contributed by atoms with van der Waals surface area (Å²) in [5, 5.41) is 2.17. The quantitative estimate of drug-likeness (QED) is 0.748. The van der Waals surface area contributed by atoms with Crippen LogP contribution in [0.5, 0.6) is 0 Å². The standard InChI is InChI=1S/C13H14N2O3/c1-9-4-2-3-5-10(9)6-13(18)15-7-11(16)14-12(17)8-15/h2-5H,6-8H2,1H3,(H,14,16,17). The first-order valence-corrected chi connectivity index (χ1v) is 5.71. The number of benzene rings is 1. The molecule has 1 fully saturated rings. The molecule has 0 spiro atoms. The molecule has 1 aliphatic heterocycles. The number of nitrogens with one attached hydrogen (secondary N) is 1. The van der Waals surface area contributed by atoms with Gasteiger partial charge in [0.05, 0.1) is 6.42 Å². The minimum Gasteiger partial charge on any atom is -0.324 e. The van der Waals surface area contributed by atoms with E-state index in [2.05, 4.69) is 5.32 Å². The Morgan fingerprint density at radius 3 is 2.44 bits per heavy atom. The van der Waals surface area contributed by atoms with Crippen molar-refractivity contribution in [3.63, 3.8) is 0 Å². The highest BCUT2D eigenvalue weighted by Gasteiger charge is 2.26. The van der Waals surface area contributed by atoms with Crippen LogP contribution in [0.3, 0.4) is 0 Å². The number of amides is 3. The molecule has 2 rings (SSSR count). The zero-order chi connectivity index (χ0) is 13.1. The molecule has 0 atom stereocenters. The average molecular weight is 246 g/mol. The first-order chi connectivity index (χ1) is 8.56. The van der Waals surface area contributed by atoms with Crippen LogP contribution < -0.4 is 5.32 Å². The smallest absolute Gasteiger partial charge is 0.246 e. The Labute approximate surface area is 105 Å². The third-order valence-electron chi connectivity index (χ3n) is 2.90. The molecule has 1 N–H and O–H groups in total. The van der Waals surface area contributed by atoms with E-state index in [0.717, 1.165) is 11.1 Å². The summed E-state index contributed by atoms with van der Waals surface area (Å²) in [5.41, 5.74) is 1.94. The topological polar surface area (TPSA) is 66.5 Å². The third kappa shape index (κ3) is 2.74. The fraction of sp³-hybridized carbons (Fsp3) is 0.308. The van der Waals surface area contributed by atoms with Crippen LogP contribution in [-0.2, 0) is 20.8 Å². The highest BCUT2D eigenvalue weighted by Crippen LogP contribution is 2.10. The van der Waals surface area contributed by atoms with Crippen LogP contribution in [0, 0.1) is 6.92 Å². The predicted octanol–water partition coefficient (Wildman–Crippen LogP) is 0.0225. The molecule has 1 heterocycles. The van der Waals surface area contributed by atoms with Crippen LogP contribution in [-0.4, -0.2) is 35.7 Å². The summed E-state index contributed by atoms with van der Waals surface area (Å²) in [7, 11) is 0. The van der Waals surface area contributed by atoms with Crippen LogP contribution in [0.2, 0.25) is 0 Å². The lowest BCUT2D eigenvalue weighted by Gasteiger charge is -2.25. The van der Waals surface area contributed by atoms with E-state index >= 15 is 0 Å². The second-order valence-electron chi connectivity index (χ2n) is 4.32. The molecular weight excluding hydrogens is 232 g/mol. The van der Waals surface area contributed by atoms with E-state index in [0.29, 0.717) is 0 Å². The fourth-order valence-corrected chi connectivity index (χ4v) is 1.90. The van der Waals surface area contributed by atoms with E-state index in [9.17, 15) is 14.4 Å². The molecule has 1 aromatic rings. The van der Waals surface area contributed by atoms with E-state index in [4.69, 9.17) is 0 Å². The molecule has 1 aliphatic rings. The lowest BCUT2D eigenvalue weighted by Crippen LogP contribution is -2.53. The molecule has 0 saturated carbocycles. The largest absolute Gasteiger partial charge is 0.324 e. The van der Waals surface area contributed by atoms with Gasteiger partial charge in [0.2, 0.25) is 17.7 Å². The molecule has 0 radical (unpaired) electrons. The number of rotatable bonds is 2. The Kier molecular flexibility index (Phi) is 3.41. The Balaban J connectivity index is 2.06. The average Bonchev–Trinajstić information content (AvgIpc) is 2.31. The van der Waals surface area contributed by atoms with Gasteiger partial charge in [-0.3, -0.25) is 19.7 Å². The number of hydrogen-bond acceptors (Lipinski definition) is 3. The first kappa shape index (κ1) is 12.3. The molecule has 5 heteroatoms. The van der Waals surface area contributed by atoms with Gasteiger partial charge < -0.3 is 4.90 Å². The van der Waals surface area contributed by atoms with E-state index in [1.807, 2.05) is 31.2 Å². The molecule has 94 valence electrons. The molecule has 5 nitrogen and oxygen atoms in total. The number of nitrogens with zero attached hydrogens (tertiary/aromatic N) is 1. The number of piperazine rings is 1. The monoisotopic (exact) mass is 246 g/mol. The van der Waals surface area contributed by atoms with E-state index in [1.165, 1.54) is 4.90 Å². The summed E-state index contributed by atoms with van der Waals surface area (Å²) in [5.74, 6) is -1.05. The van der Waals surface area contributed by atoms with Gasteiger partial charge in [0, 0.05) is 0 Å². The van der Waals surface area contributed by atoms with Gasteiger partial charge in [-0.2, -0.15) is 0 Å². The van der Waals surface area contributed by atoms with Crippen LogP contribution in [0.25, 0.3) is 0 Å². The Morgan fingerprint density at radius 1 is 1.22 bits per heavy atom. The lowest BCUT2D eigenvalue weighted by molar-refractivity contribution is -0.145. The summed E-state index contributed by atoms with van der Waals surface area (Å²) in [6.45, 7) is 1.84. The minimum atomic E-state index is -0.426. The van der Waals surface area contributed by atoms with Crippen molar-refractivity contribution in [1.82, 2.24) is 10.2 Å². The summed E-state index contributed by atoms with van der Waals surface area (Å²) < 4.78 is 0. The summed E-state index contributed by atoms with van der Waals surface area (Å²) in [6, 6.07) is 7.57. The normalized spacial score (nSPS) is 15.5. The van der Waals surface area contributed by atoms with Crippen molar-refractivity contribution in [3.05, 3.63) is 35.4 Å². The highest BCUT2D eigenvalue weighted by atomic mass is 16.2. The Hall–Kier alpha value is -2.17. The molecule has 1 aromatic carbocycles. The van der Waals surface area contributed by atoms with Gasteiger partial charge in [0.1, 0.15) is 13.1 Å². The zero-order valence-corrected chi connectivity index (χ0v) is 10.1. The molecular formula is C13H14N2O3.